The first kappa shape index (κ1) is 18.3. The molecule has 3 aliphatic rings. The molecule has 0 spiro atoms. The van der Waals surface area contributed by atoms with Gasteiger partial charge < -0.3 is 29.6 Å². The Balaban J connectivity index is 1.38. The molecular weight excluding hydrogens is 384 g/mol. The number of fused-ring (bicyclic) bond motifs is 3. The fourth-order valence-corrected chi connectivity index (χ4v) is 4.87. The minimum atomic E-state index is -0.826. The number of aromatic nitrogens is 3. The van der Waals surface area contributed by atoms with Crippen LogP contribution in [0.4, 0.5) is 5.82 Å². The van der Waals surface area contributed by atoms with Gasteiger partial charge in [-0.3, -0.25) is 0 Å². The van der Waals surface area contributed by atoms with Gasteiger partial charge in [-0.05, 0) is 49.4 Å². The van der Waals surface area contributed by atoms with E-state index in [1.165, 1.54) is 17.5 Å². The zero-order chi connectivity index (χ0) is 20.6. The Morgan fingerprint density at radius 2 is 1.93 bits per heavy atom. The lowest BCUT2D eigenvalue weighted by atomic mass is 9.85. The summed E-state index contributed by atoms with van der Waals surface area (Å²) in [6.45, 7) is 3.76. The van der Waals surface area contributed by atoms with Gasteiger partial charge in [0.15, 0.2) is 12.0 Å². The van der Waals surface area contributed by atoms with Gasteiger partial charge in [0.1, 0.15) is 42.2 Å². The molecule has 0 bridgehead atoms. The normalized spacial score (nSPS) is 30.1. The summed E-state index contributed by atoms with van der Waals surface area (Å²) < 4.78 is 20.7. The van der Waals surface area contributed by atoms with E-state index in [1.807, 2.05) is 36.7 Å². The highest BCUT2D eigenvalue weighted by Gasteiger charge is 2.58. The average molecular weight is 408 g/mol. The summed E-state index contributed by atoms with van der Waals surface area (Å²) in [6.07, 6.45) is 2.75. The van der Waals surface area contributed by atoms with E-state index in [2.05, 4.69) is 22.1 Å². The third-order valence-corrected chi connectivity index (χ3v) is 6.43. The van der Waals surface area contributed by atoms with E-state index < -0.39 is 36.4 Å². The van der Waals surface area contributed by atoms with E-state index in [-0.39, 0.29) is 0 Å². The van der Waals surface area contributed by atoms with Gasteiger partial charge in [-0.1, -0.05) is 18.2 Å². The molecule has 6 rings (SSSR count). The number of anilines is 1. The molecule has 1 aromatic carbocycles. The van der Waals surface area contributed by atoms with Crippen LogP contribution in [0.1, 0.15) is 42.9 Å². The molecule has 8 heteroatoms. The first-order valence-corrected chi connectivity index (χ1v) is 10.3. The van der Waals surface area contributed by atoms with E-state index in [0.717, 1.165) is 23.8 Å². The molecule has 5 atom stereocenters. The molecule has 0 saturated carbocycles. The van der Waals surface area contributed by atoms with Crippen molar-refractivity contribution in [1.82, 2.24) is 14.5 Å². The van der Waals surface area contributed by atoms with Gasteiger partial charge in [0.2, 0.25) is 0 Å². The minimum absolute atomic E-state index is 0.391. The van der Waals surface area contributed by atoms with Crippen molar-refractivity contribution >= 4 is 16.9 Å². The maximum atomic E-state index is 11.2. The predicted octanol–water partition coefficient (Wildman–Crippen LogP) is 2.26. The zero-order valence-corrected chi connectivity index (χ0v) is 16.9. The Bertz CT molecular complexity index is 1140. The van der Waals surface area contributed by atoms with Gasteiger partial charge in [-0.2, -0.15) is 0 Å². The van der Waals surface area contributed by atoms with Crippen LogP contribution in [-0.4, -0.2) is 43.7 Å². The molecule has 2 fully saturated rings. The lowest BCUT2D eigenvalue weighted by Crippen LogP contribution is -2.34. The molecule has 2 saturated heterocycles. The highest BCUT2D eigenvalue weighted by molar-refractivity contribution is 5.86. The van der Waals surface area contributed by atoms with Crippen molar-refractivity contribution in [3.8, 4) is 0 Å². The zero-order valence-electron chi connectivity index (χ0n) is 16.9. The summed E-state index contributed by atoms with van der Waals surface area (Å²) in [7, 11) is 0. The summed E-state index contributed by atoms with van der Waals surface area (Å²) in [4.78, 5) is 8.44. The van der Waals surface area contributed by atoms with Gasteiger partial charge >= 0.3 is 0 Å². The molecule has 1 aliphatic carbocycles. The molecule has 156 valence electrons. The summed E-state index contributed by atoms with van der Waals surface area (Å²) >= 11 is 0. The van der Waals surface area contributed by atoms with Crippen molar-refractivity contribution in [2.24, 2.45) is 0 Å². The summed E-state index contributed by atoms with van der Waals surface area (Å²) in [5.41, 5.74) is 10.2. The number of aryl methyl sites for hydroxylation is 2. The van der Waals surface area contributed by atoms with Gasteiger partial charge in [-0.15, -0.1) is 0 Å². The fourth-order valence-electron chi connectivity index (χ4n) is 4.87. The Labute approximate surface area is 173 Å². The fraction of sp³-hybridized carbons (Fsp3) is 0.455. The SMILES string of the molecule is CC1(C)O[C@H]2[C@@H](O1)[C@H](n1ccc3c(N)ncnc31)O[C@@H]2[C@H](O)c1ccc2c(c1)CC2. The van der Waals surface area contributed by atoms with E-state index >= 15 is 0 Å². The molecule has 8 nitrogen and oxygen atoms in total. The van der Waals surface area contributed by atoms with Crippen LogP contribution in [0.5, 0.6) is 0 Å². The Morgan fingerprint density at radius 3 is 2.70 bits per heavy atom. The van der Waals surface area contributed by atoms with Crippen LogP contribution >= 0.6 is 0 Å². The van der Waals surface area contributed by atoms with Crippen molar-refractivity contribution < 1.29 is 19.3 Å². The summed E-state index contributed by atoms with van der Waals surface area (Å²) in [6, 6.07) is 8.02. The second kappa shape index (κ2) is 6.24. The number of nitrogen functional groups attached to an aromatic ring is 1. The highest BCUT2D eigenvalue weighted by atomic mass is 16.8. The van der Waals surface area contributed by atoms with Crippen LogP contribution in [-0.2, 0) is 27.1 Å². The van der Waals surface area contributed by atoms with Crippen molar-refractivity contribution in [3.63, 3.8) is 0 Å². The summed E-state index contributed by atoms with van der Waals surface area (Å²) in [5.74, 6) is -0.358. The third-order valence-electron chi connectivity index (χ3n) is 6.43. The Hall–Kier alpha value is -2.52. The monoisotopic (exact) mass is 408 g/mol. The van der Waals surface area contributed by atoms with E-state index in [0.29, 0.717) is 11.5 Å². The molecule has 0 unspecified atom stereocenters. The van der Waals surface area contributed by atoms with Crippen LogP contribution in [0.15, 0.2) is 36.8 Å². The summed E-state index contributed by atoms with van der Waals surface area (Å²) in [5, 5.41) is 12.0. The average Bonchev–Trinajstić information content (AvgIpc) is 3.33. The van der Waals surface area contributed by atoms with Crippen LogP contribution in [0.3, 0.4) is 0 Å². The number of nitrogens with two attached hydrogens (primary N) is 1. The van der Waals surface area contributed by atoms with Crippen LogP contribution in [0.2, 0.25) is 0 Å². The van der Waals surface area contributed by atoms with Crippen LogP contribution < -0.4 is 5.73 Å². The number of rotatable bonds is 3. The number of aliphatic hydroxyl groups excluding tert-OH is 1. The molecule has 2 aromatic heterocycles. The maximum absolute atomic E-state index is 11.2. The first-order chi connectivity index (χ1) is 14.4. The molecule has 3 aromatic rings. The van der Waals surface area contributed by atoms with Crippen molar-refractivity contribution in [2.45, 2.75) is 63.1 Å². The van der Waals surface area contributed by atoms with Gasteiger partial charge in [0.05, 0.1) is 5.39 Å². The van der Waals surface area contributed by atoms with Crippen LogP contribution in [0, 0.1) is 0 Å². The Morgan fingerprint density at radius 1 is 1.13 bits per heavy atom. The smallest absolute Gasteiger partial charge is 0.164 e. The second-order valence-electron chi connectivity index (χ2n) is 8.75. The Kier molecular flexibility index (Phi) is 3.80. The molecule has 30 heavy (non-hydrogen) atoms. The number of aliphatic hydroxyl groups is 1. The molecule has 3 N–H and O–H groups in total. The van der Waals surface area contributed by atoms with Crippen LogP contribution in [0.25, 0.3) is 11.0 Å². The van der Waals surface area contributed by atoms with E-state index in [1.54, 1.807) is 0 Å². The minimum Gasteiger partial charge on any atom is -0.386 e. The number of nitrogens with zero attached hydrogens (tertiary/aromatic N) is 3. The number of ether oxygens (including phenoxy) is 3. The highest BCUT2D eigenvalue weighted by Crippen LogP contribution is 2.47. The van der Waals surface area contributed by atoms with Gasteiger partial charge in [-0.25, -0.2) is 9.97 Å². The topological polar surface area (TPSA) is 105 Å². The standard InChI is InChI=1S/C22H24N4O4/c1-22(2)29-17-16(15(27)13-6-4-11-3-5-12(11)9-13)28-21(18(17)30-22)26-8-7-14-19(23)24-10-25-20(14)26/h4,6-10,15-18,21,27H,3,5H2,1-2H3,(H2,23,24,25)/t15-,16-,17-,18-,21-/m1/s1. The largest absolute Gasteiger partial charge is 0.386 e. The van der Waals surface area contributed by atoms with Gasteiger partial charge in [0, 0.05) is 6.20 Å². The van der Waals surface area contributed by atoms with Crippen molar-refractivity contribution in [3.05, 3.63) is 53.5 Å². The van der Waals surface area contributed by atoms with Crippen molar-refractivity contribution in [1.29, 1.82) is 0 Å². The van der Waals surface area contributed by atoms with Crippen molar-refractivity contribution in [2.75, 3.05) is 5.73 Å². The lowest BCUT2D eigenvalue weighted by Gasteiger charge is -2.28. The molecule has 0 radical (unpaired) electrons. The first-order valence-electron chi connectivity index (χ1n) is 10.3. The molecule has 0 amide bonds. The quantitative estimate of drug-likeness (QED) is 0.685. The van der Waals surface area contributed by atoms with Gasteiger partial charge in [0.25, 0.3) is 0 Å². The maximum Gasteiger partial charge on any atom is 0.164 e. The number of benzene rings is 1. The molecule has 4 heterocycles. The number of hydrogen-bond acceptors (Lipinski definition) is 7. The lowest BCUT2D eigenvalue weighted by molar-refractivity contribution is -0.207. The third kappa shape index (κ3) is 2.61. The molecule has 2 aliphatic heterocycles. The van der Waals surface area contributed by atoms with E-state index in [4.69, 9.17) is 19.9 Å². The number of hydrogen-bond donors (Lipinski definition) is 2. The molecular formula is C22H24N4O4. The second-order valence-corrected chi connectivity index (χ2v) is 8.75. The van der Waals surface area contributed by atoms with E-state index in [9.17, 15) is 5.11 Å². The predicted molar refractivity (Wildman–Crippen MR) is 108 cm³/mol.